The topological polar surface area (TPSA) is 75.6 Å². The van der Waals surface area contributed by atoms with Gasteiger partial charge in [-0.1, -0.05) is 12.1 Å². The number of hydrogen-bond donors (Lipinski definition) is 2. The van der Waals surface area contributed by atoms with E-state index >= 15 is 0 Å². The smallest absolute Gasteiger partial charge is 0.221 e. The van der Waals surface area contributed by atoms with E-state index in [0.717, 1.165) is 39.1 Å². The number of hydrogen-bond acceptors (Lipinski definition) is 4. The van der Waals surface area contributed by atoms with Crippen LogP contribution in [-0.4, -0.2) is 25.1 Å². The maximum absolute atomic E-state index is 11.4. The van der Waals surface area contributed by atoms with Gasteiger partial charge in [-0.25, -0.2) is 4.98 Å². The number of carbonyl (C=O) groups is 1. The number of benzene rings is 1. The van der Waals surface area contributed by atoms with Crippen LogP contribution in [0.1, 0.15) is 6.92 Å². The molecule has 0 fully saturated rings. The highest BCUT2D eigenvalue weighted by Crippen LogP contribution is 2.37. The molecule has 1 aromatic carbocycles. The van der Waals surface area contributed by atoms with Gasteiger partial charge < -0.3 is 5.32 Å². The van der Waals surface area contributed by atoms with Crippen molar-refractivity contribution in [2.45, 2.75) is 6.92 Å². The molecule has 6 nitrogen and oxygen atoms in total. The summed E-state index contributed by atoms with van der Waals surface area (Å²) in [6, 6.07) is 11.9. The number of anilines is 1. The van der Waals surface area contributed by atoms with Gasteiger partial charge in [-0.05, 0) is 35.4 Å². The van der Waals surface area contributed by atoms with Crippen molar-refractivity contribution in [2.75, 3.05) is 5.32 Å². The number of aromatic nitrogens is 4. The minimum absolute atomic E-state index is 0.0864. The monoisotopic (exact) mass is 475 g/mol. The number of halogens is 1. The minimum atomic E-state index is -0.0864. The predicted molar refractivity (Wildman–Crippen MR) is 114 cm³/mol. The molecule has 0 saturated heterocycles. The van der Waals surface area contributed by atoms with Crippen LogP contribution in [-0.2, 0) is 4.79 Å². The van der Waals surface area contributed by atoms with E-state index in [9.17, 15) is 4.79 Å². The number of carbonyl (C=O) groups excluding carboxylic acids is 1. The summed E-state index contributed by atoms with van der Waals surface area (Å²) in [5, 5.41) is 10.8. The third-order valence-corrected chi connectivity index (χ3v) is 5.71. The van der Waals surface area contributed by atoms with Crippen molar-refractivity contribution in [3.05, 3.63) is 55.0 Å². The van der Waals surface area contributed by atoms with Crippen molar-refractivity contribution in [1.29, 1.82) is 0 Å². The van der Waals surface area contributed by atoms with Crippen LogP contribution in [0.3, 0.4) is 0 Å². The maximum Gasteiger partial charge on any atom is 0.221 e. The van der Waals surface area contributed by atoms with Crippen LogP contribution < -0.4 is 5.32 Å². The van der Waals surface area contributed by atoms with Gasteiger partial charge >= 0.3 is 0 Å². The molecule has 3 heterocycles. The van der Waals surface area contributed by atoms with Crippen molar-refractivity contribution in [3.63, 3.8) is 0 Å². The Balaban J connectivity index is 1.90. The van der Waals surface area contributed by atoms with E-state index in [1.54, 1.807) is 15.3 Å². The summed E-state index contributed by atoms with van der Waals surface area (Å²) in [6.45, 7) is 1.51. The highest BCUT2D eigenvalue weighted by molar-refractivity contribution is 14.2. The summed E-state index contributed by atoms with van der Waals surface area (Å²) in [4.78, 5) is 15.9. The predicted octanol–water partition coefficient (Wildman–Crippen LogP) is 4.90. The number of nitrogens with one attached hydrogen (secondary N) is 2. The number of fused-ring (bicyclic) bond motifs is 1. The van der Waals surface area contributed by atoms with Crippen LogP contribution >= 0.6 is 30.3 Å². The van der Waals surface area contributed by atoms with Crippen molar-refractivity contribution < 1.29 is 4.79 Å². The van der Waals surface area contributed by atoms with Gasteiger partial charge in [0.2, 0.25) is 5.91 Å². The van der Waals surface area contributed by atoms with Gasteiger partial charge in [0, 0.05) is 66.3 Å². The molecule has 0 unspecified atom stereocenters. The van der Waals surface area contributed by atoms with E-state index < -0.39 is 0 Å². The van der Waals surface area contributed by atoms with Crippen LogP contribution in [0.15, 0.2) is 55.0 Å². The Morgan fingerprint density at radius 3 is 2.88 bits per heavy atom. The summed E-state index contributed by atoms with van der Waals surface area (Å²) in [5.74, 6) is -0.0864. The molecule has 0 aliphatic rings. The van der Waals surface area contributed by atoms with E-state index in [0.29, 0.717) is 0 Å². The fourth-order valence-electron chi connectivity index (χ4n) is 2.96. The zero-order valence-electron chi connectivity index (χ0n) is 13.7. The zero-order valence-corrected chi connectivity index (χ0v) is 16.7. The Morgan fingerprint density at radius 2 is 2.15 bits per heavy atom. The zero-order chi connectivity index (χ0) is 18.1. The molecule has 0 saturated carbocycles. The number of H-pyrrole nitrogens is 1. The summed E-state index contributed by atoms with van der Waals surface area (Å²) < 4.78 is 2.09. The molecule has 2 N–H and O–H groups in total. The number of aromatic amines is 1. The first kappa shape index (κ1) is 17.1. The van der Waals surface area contributed by atoms with Crippen molar-refractivity contribution in [3.8, 4) is 22.4 Å². The van der Waals surface area contributed by atoms with Crippen LogP contribution in [0.5, 0.6) is 0 Å². The standard InChI is InChI=1S/C18H14IN5OS/c1-11(25)23-14-4-2-3-12(7-14)15-5-6-20-18-16(15)8-17(24(18)26-19)13-9-21-22-10-13/h2-10H,1H3,(H,21,22)(H,23,25). The molecule has 4 aromatic rings. The molecule has 26 heavy (non-hydrogen) atoms. The summed E-state index contributed by atoms with van der Waals surface area (Å²) in [5.41, 5.74) is 5.80. The van der Waals surface area contributed by atoms with Gasteiger partial charge in [-0.15, -0.1) is 0 Å². The average molecular weight is 475 g/mol. The Hall–Kier alpha value is -2.33. The first-order chi connectivity index (χ1) is 12.7. The lowest BCUT2D eigenvalue weighted by atomic mass is 10.0. The number of nitrogens with zero attached hydrogens (tertiary/aromatic N) is 3. The molecule has 0 radical (unpaired) electrons. The molecule has 4 rings (SSSR count). The lowest BCUT2D eigenvalue weighted by Gasteiger charge is -2.07. The van der Waals surface area contributed by atoms with E-state index in [1.807, 2.05) is 42.7 Å². The normalized spacial score (nSPS) is 11.0. The number of rotatable bonds is 4. The van der Waals surface area contributed by atoms with Gasteiger partial charge in [-0.2, -0.15) is 5.10 Å². The van der Waals surface area contributed by atoms with Crippen molar-refractivity contribution in [1.82, 2.24) is 19.2 Å². The van der Waals surface area contributed by atoms with Crippen molar-refractivity contribution in [2.24, 2.45) is 0 Å². The first-order valence-corrected chi connectivity index (χ1v) is 11.2. The second kappa shape index (κ2) is 7.12. The summed E-state index contributed by atoms with van der Waals surface area (Å²) in [7, 11) is 1.57. The highest BCUT2D eigenvalue weighted by Gasteiger charge is 2.16. The number of pyridine rings is 1. The van der Waals surface area contributed by atoms with Crippen LogP contribution in [0.25, 0.3) is 33.4 Å². The summed E-state index contributed by atoms with van der Waals surface area (Å²) in [6.07, 6.45) is 5.48. The SMILES string of the molecule is CC(=O)Nc1cccc(-c2ccnc3c2cc(-c2cn[nH]c2)n3SI)c1. The van der Waals surface area contributed by atoms with E-state index in [-0.39, 0.29) is 5.91 Å². The summed E-state index contributed by atoms with van der Waals surface area (Å²) >= 11 is 2.26. The lowest BCUT2D eigenvalue weighted by Crippen LogP contribution is -2.05. The maximum atomic E-state index is 11.4. The van der Waals surface area contributed by atoms with Crippen LogP contribution in [0, 0.1) is 0 Å². The molecule has 0 aliphatic carbocycles. The molecule has 0 bridgehead atoms. The third kappa shape index (κ3) is 3.10. The van der Waals surface area contributed by atoms with Gasteiger partial charge in [0.15, 0.2) is 5.65 Å². The van der Waals surface area contributed by atoms with Crippen molar-refractivity contribution >= 4 is 53.0 Å². The molecule has 0 atom stereocenters. The second-order valence-electron chi connectivity index (χ2n) is 5.74. The molecule has 0 aliphatic heterocycles. The van der Waals surface area contributed by atoms with Gasteiger partial charge in [0.05, 0.1) is 11.9 Å². The molecule has 8 heteroatoms. The minimum Gasteiger partial charge on any atom is -0.326 e. The fourth-order valence-corrected chi connectivity index (χ4v) is 4.60. The van der Waals surface area contributed by atoms with Crippen LogP contribution in [0.2, 0.25) is 0 Å². The van der Waals surface area contributed by atoms with E-state index in [1.165, 1.54) is 6.92 Å². The van der Waals surface area contributed by atoms with Gasteiger partial charge in [0.1, 0.15) is 0 Å². The largest absolute Gasteiger partial charge is 0.326 e. The molecular weight excluding hydrogens is 461 g/mol. The van der Waals surface area contributed by atoms with Gasteiger partial charge in [0.25, 0.3) is 0 Å². The van der Waals surface area contributed by atoms with Gasteiger partial charge in [-0.3, -0.25) is 13.9 Å². The molecule has 1 amide bonds. The average Bonchev–Trinajstić information content (AvgIpc) is 3.28. The van der Waals surface area contributed by atoms with Crippen LogP contribution in [0.4, 0.5) is 5.69 Å². The fraction of sp³-hybridized carbons (Fsp3) is 0.0556. The molecular formula is C18H14IN5OS. The van der Waals surface area contributed by atoms with E-state index in [2.05, 4.69) is 51.7 Å². The quantitative estimate of drug-likeness (QED) is 0.412. The molecule has 0 spiro atoms. The highest BCUT2D eigenvalue weighted by atomic mass is 127. The molecule has 3 aromatic heterocycles. The Labute approximate surface area is 166 Å². The third-order valence-electron chi connectivity index (χ3n) is 4.02. The Kier molecular flexibility index (Phi) is 4.68. The Morgan fingerprint density at radius 1 is 1.27 bits per heavy atom. The Bertz CT molecular complexity index is 1090. The number of amides is 1. The molecule has 130 valence electrons. The van der Waals surface area contributed by atoms with E-state index in [4.69, 9.17) is 0 Å². The lowest BCUT2D eigenvalue weighted by molar-refractivity contribution is -0.114. The second-order valence-corrected chi connectivity index (χ2v) is 7.42. The first-order valence-electron chi connectivity index (χ1n) is 7.84.